The average molecular weight is 249 g/mol. The van der Waals surface area contributed by atoms with Gasteiger partial charge in [0.1, 0.15) is 5.82 Å². The first kappa shape index (κ1) is 12.1. The molecular formula is C15H20FNO. The maximum Gasteiger partial charge on any atom is 0.126 e. The number of nitrogens with one attached hydrogen (secondary N) is 1. The van der Waals surface area contributed by atoms with E-state index in [-0.39, 0.29) is 11.9 Å². The maximum absolute atomic E-state index is 13.6. The van der Waals surface area contributed by atoms with E-state index in [1.807, 2.05) is 12.1 Å². The number of halogens is 1. The molecule has 1 aromatic carbocycles. The molecule has 0 radical (unpaired) electrons. The van der Waals surface area contributed by atoms with Crippen molar-refractivity contribution in [3.05, 3.63) is 35.1 Å². The van der Waals surface area contributed by atoms with Crippen LogP contribution in [0.3, 0.4) is 0 Å². The lowest BCUT2D eigenvalue weighted by atomic mass is 9.94. The number of benzene rings is 1. The Labute approximate surface area is 108 Å². The third kappa shape index (κ3) is 2.57. The third-order valence-electron chi connectivity index (χ3n) is 3.98. The molecule has 2 aliphatic rings. The van der Waals surface area contributed by atoms with E-state index < -0.39 is 0 Å². The molecule has 1 aliphatic heterocycles. The van der Waals surface area contributed by atoms with E-state index in [0.29, 0.717) is 11.5 Å². The highest BCUT2D eigenvalue weighted by molar-refractivity contribution is 5.26. The zero-order chi connectivity index (χ0) is 12.5. The molecule has 0 amide bonds. The Morgan fingerprint density at radius 3 is 2.89 bits per heavy atom. The standard InChI is InChI=1S/C15H20FNO/c1-10-2-3-11(8-14(10)16)15-12(6-7-18-15)9-17-13-4-5-13/h2-3,8,12-13,15,17H,4-7,9H2,1H3. The van der Waals surface area contributed by atoms with Crippen LogP contribution in [0.5, 0.6) is 0 Å². The van der Waals surface area contributed by atoms with E-state index in [1.54, 1.807) is 13.0 Å². The number of hydrogen-bond acceptors (Lipinski definition) is 2. The van der Waals surface area contributed by atoms with E-state index in [2.05, 4.69) is 5.32 Å². The quantitative estimate of drug-likeness (QED) is 0.885. The lowest BCUT2D eigenvalue weighted by molar-refractivity contribution is 0.0902. The van der Waals surface area contributed by atoms with E-state index in [9.17, 15) is 4.39 Å². The SMILES string of the molecule is Cc1ccc(C2OCCC2CNC2CC2)cc1F. The van der Waals surface area contributed by atoms with Gasteiger partial charge in [-0.2, -0.15) is 0 Å². The predicted molar refractivity (Wildman–Crippen MR) is 69.0 cm³/mol. The van der Waals surface area contributed by atoms with Gasteiger partial charge in [0.2, 0.25) is 0 Å². The molecule has 2 nitrogen and oxygen atoms in total. The van der Waals surface area contributed by atoms with Crippen LogP contribution in [0.1, 0.15) is 36.5 Å². The van der Waals surface area contributed by atoms with Crippen molar-refractivity contribution in [2.75, 3.05) is 13.2 Å². The van der Waals surface area contributed by atoms with Gasteiger partial charge in [-0.3, -0.25) is 0 Å². The molecular weight excluding hydrogens is 229 g/mol. The Morgan fingerprint density at radius 1 is 1.33 bits per heavy atom. The van der Waals surface area contributed by atoms with Crippen LogP contribution in [-0.2, 0) is 4.74 Å². The summed E-state index contributed by atoms with van der Waals surface area (Å²) in [6.45, 7) is 3.57. The van der Waals surface area contributed by atoms with Gasteiger partial charge in [0.15, 0.2) is 0 Å². The molecule has 3 heteroatoms. The highest BCUT2D eigenvalue weighted by Gasteiger charge is 2.31. The topological polar surface area (TPSA) is 21.3 Å². The van der Waals surface area contributed by atoms with Crippen LogP contribution in [0.4, 0.5) is 4.39 Å². The molecule has 1 saturated carbocycles. The summed E-state index contributed by atoms with van der Waals surface area (Å²) in [5, 5.41) is 3.55. The van der Waals surface area contributed by atoms with Crippen molar-refractivity contribution in [1.82, 2.24) is 5.32 Å². The minimum atomic E-state index is -0.128. The van der Waals surface area contributed by atoms with Crippen molar-refractivity contribution in [3.8, 4) is 0 Å². The molecule has 1 saturated heterocycles. The smallest absolute Gasteiger partial charge is 0.126 e. The molecule has 0 bridgehead atoms. The van der Waals surface area contributed by atoms with Crippen LogP contribution in [0.25, 0.3) is 0 Å². The molecule has 1 heterocycles. The van der Waals surface area contributed by atoms with Crippen molar-refractivity contribution < 1.29 is 9.13 Å². The van der Waals surface area contributed by atoms with Gasteiger partial charge in [-0.15, -0.1) is 0 Å². The molecule has 1 N–H and O–H groups in total. The van der Waals surface area contributed by atoms with Gasteiger partial charge in [0.05, 0.1) is 6.10 Å². The number of rotatable bonds is 4. The molecule has 2 atom stereocenters. The fourth-order valence-corrected chi connectivity index (χ4v) is 2.60. The number of hydrogen-bond donors (Lipinski definition) is 1. The monoisotopic (exact) mass is 249 g/mol. The van der Waals surface area contributed by atoms with Crippen LogP contribution in [-0.4, -0.2) is 19.2 Å². The molecule has 1 aromatic rings. The lowest BCUT2D eigenvalue weighted by Crippen LogP contribution is -2.26. The van der Waals surface area contributed by atoms with Gasteiger partial charge in [0, 0.05) is 25.1 Å². The largest absolute Gasteiger partial charge is 0.373 e. The molecule has 2 unspecified atom stereocenters. The van der Waals surface area contributed by atoms with Gasteiger partial charge in [0.25, 0.3) is 0 Å². The zero-order valence-electron chi connectivity index (χ0n) is 10.8. The minimum Gasteiger partial charge on any atom is -0.373 e. The summed E-state index contributed by atoms with van der Waals surface area (Å²) in [6, 6.07) is 6.20. The normalized spacial score (nSPS) is 27.7. The molecule has 0 aromatic heterocycles. The molecule has 18 heavy (non-hydrogen) atoms. The maximum atomic E-state index is 13.6. The van der Waals surface area contributed by atoms with E-state index in [0.717, 1.165) is 31.2 Å². The summed E-state index contributed by atoms with van der Waals surface area (Å²) < 4.78 is 19.4. The molecule has 1 aliphatic carbocycles. The fraction of sp³-hybridized carbons (Fsp3) is 0.600. The lowest BCUT2D eigenvalue weighted by Gasteiger charge is -2.19. The first-order valence-electron chi connectivity index (χ1n) is 6.85. The van der Waals surface area contributed by atoms with Crippen molar-refractivity contribution in [1.29, 1.82) is 0 Å². The second kappa shape index (κ2) is 4.98. The van der Waals surface area contributed by atoms with Crippen molar-refractivity contribution >= 4 is 0 Å². The summed E-state index contributed by atoms with van der Waals surface area (Å²) in [5.74, 6) is 0.351. The summed E-state index contributed by atoms with van der Waals surface area (Å²) in [7, 11) is 0. The molecule has 3 rings (SSSR count). The van der Waals surface area contributed by atoms with Crippen LogP contribution in [0.15, 0.2) is 18.2 Å². The number of ether oxygens (including phenoxy) is 1. The summed E-state index contributed by atoms with van der Waals surface area (Å²) in [5.41, 5.74) is 1.68. The summed E-state index contributed by atoms with van der Waals surface area (Å²) >= 11 is 0. The van der Waals surface area contributed by atoms with E-state index in [1.165, 1.54) is 12.8 Å². The van der Waals surface area contributed by atoms with E-state index >= 15 is 0 Å². The zero-order valence-corrected chi connectivity index (χ0v) is 10.8. The third-order valence-corrected chi connectivity index (χ3v) is 3.98. The Kier molecular flexibility index (Phi) is 3.35. The molecule has 98 valence electrons. The Balaban J connectivity index is 1.70. The molecule has 2 fully saturated rings. The molecule has 0 spiro atoms. The van der Waals surface area contributed by atoms with Crippen LogP contribution in [0, 0.1) is 18.7 Å². The van der Waals surface area contributed by atoms with E-state index in [4.69, 9.17) is 4.74 Å². The second-order valence-corrected chi connectivity index (χ2v) is 5.53. The van der Waals surface area contributed by atoms with Gasteiger partial charge in [-0.25, -0.2) is 4.39 Å². The highest BCUT2D eigenvalue weighted by atomic mass is 19.1. The van der Waals surface area contributed by atoms with Crippen LogP contribution < -0.4 is 5.32 Å². The summed E-state index contributed by atoms with van der Waals surface area (Å²) in [6.07, 6.45) is 3.74. The van der Waals surface area contributed by atoms with Gasteiger partial charge in [-0.1, -0.05) is 12.1 Å². The van der Waals surface area contributed by atoms with Crippen molar-refractivity contribution in [3.63, 3.8) is 0 Å². The second-order valence-electron chi connectivity index (χ2n) is 5.53. The first-order chi connectivity index (χ1) is 8.74. The Hall–Kier alpha value is -0.930. The van der Waals surface area contributed by atoms with Gasteiger partial charge in [-0.05, 0) is 43.4 Å². The predicted octanol–water partition coefficient (Wildman–Crippen LogP) is 2.96. The van der Waals surface area contributed by atoms with Crippen molar-refractivity contribution in [2.24, 2.45) is 5.92 Å². The number of aryl methyl sites for hydroxylation is 1. The highest BCUT2D eigenvalue weighted by Crippen LogP contribution is 2.35. The fourth-order valence-electron chi connectivity index (χ4n) is 2.60. The van der Waals surface area contributed by atoms with Gasteiger partial charge < -0.3 is 10.1 Å². The first-order valence-corrected chi connectivity index (χ1v) is 6.85. The van der Waals surface area contributed by atoms with Gasteiger partial charge >= 0.3 is 0 Å². The van der Waals surface area contributed by atoms with Crippen LogP contribution >= 0.6 is 0 Å². The van der Waals surface area contributed by atoms with Crippen molar-refractivity contribution in [2.45, 2.75) is 38.3 Å². The Morgan fingerprint density at radius 2 is 2.17 bits per heavy atom. The van der Waals surface area contributed by atoms with Crippen LogP contribution in [0.2, 0.25) is 0 Å². The summed E-state index contributed by atoms with van der Waals surface area (Å²) in [4.78, 5) is 0. The Bertz CT molecular complexity index is 431. The average Bonchev–Trinajstić information content (AvgIpc) is 3.08. The minimum absolute atomic E-state index is 0.0614.